The number of carbonyl (C=O) groups is 2. The van der Waals surface area contributed by atoms with Crippen LogP contribution in [0.5, 0.6) is 0 Å². The Morgan fingerprint density at radius 2 is 0.922 bits per heavy atom. The van der Waals surface area contributed by atoms with E-state index < -0.39 is 112 Å². The number of nitrogens with zero attached hydrogens (tertiary/aromatic N) is 5. The van der Waals surface area contributed by atoms with Gasteiger partial charge in [0.25, 0.3) is 26.0 Å². The number of amides is 2. The Morgan fingerprint density at radius 1 is 0.562 bits per heavy atom. The standard InChI is InChI=1S/C42H32Cl2F6N6O6S2/c43-34-13-11-30(41(45,46)47)23-36(34)55(63(59,60)32-7-3-1-4-8-32)40(25-38(51)57,39(58)54(26-28-15-19-52-20-16-28)27-29-17-21-53-22-18-29)56(64(61,62)33-9-5-2-6-10-33)37-24-31(42(48,49)50)12-14-35(37)44/h1-24H,25-27H2,(H2,51,57). The van der Waals surface area contributed by atoms with Gasteiger partial charge in [0.1, 0.15) is 0 Å². The van der Waals surface area contributed by atoms with Gasteiger partial charge < -0.3 is 10.6 Å². The summed E-state index contributed by atoms with van der Waals surface area (Å²) in [6.07, 6.45) is -7.10. The van der Waals surface area contributed by atoms with E-state index in [1.807, 2.05) is 0 Å². The van der Waals surface area contributed by atoms with E-state index in [0.717, 1.165) is 29.2 Å². The molecular formula is C42H32Cl2F6N6O6S2. The fourth-order valence-electron chi connectivity index (χ4n) is 6.73. The van der Waals surface area contributed by atoms with E-state index >= 15 is 21.6 Å². The van der Waals surface area contributed by atoms with E-state index in [0.29, 0.717) is 24.3 Å². The molecule has 22 heteroatoms. The SMILES string of the molecule is NC(=O)CC(C(=O)N(Cc1ccncc1)Cc1ccncc1)(N(c1cc(C(F)(F)F)ccc1Cl)S(=O)(=O)c1ccccc1)N(c1cc(C(F)(F)F)ccc1Cl)S(=O)(=O)c1ccccc1. The minimum Gasteiger partial charge on any atom is -0.370 e. The third-order valence-electron chi connectivity index (χ3n) is 9.52. The van der Waals surface area contributed by atoms with Crippen molar-refractivity contribution in [3.63, 3.8) is 0 Å². The normalized spacial score (nSPS) is 12.4. The lowest BCUT2D eigenvalue weighted by atomic mass is 9.99. The van der Waals surface area contributed by atoms with Crippen LogP contribution in [0.4, 0.5) is 37.7 Å². The number of carbonyl (C=O) groups excluding carboxylic acids is 2. The first-order valence-corrected chi connectivity index (χ1v) is 22.0. The Hall–Kier alpha value is -6.22. The van der Waals surface area contributed by atoms with Crippen molar-refractivity contribution in [3.8, 4) is 0 Å². The highest BCUT2D eigenvalue weighted by Gasteiger charge is 2.62. The zero-order valence-corrected chi connectivity index (χ0v) is 35.7. The molecule has 12 nitrogen and oxygen atoms in total. The summed E-state index contributed by atoms with van der Waals surface area (Å²) in [5.41, 5.74) is -3.21. The van der Waals surface area contributed by atoms with Gasteiger partial charge in [-0.05, 0) is 96.1 Å². The van der Waals surface area contributed by atoms with Gasteiger partial charge in [0.2, 0.25) is 11.6 Å². The smallest absolute Gasteiger partial charge is 0.370 e. The molecule has 0 atom stereocenters. The van der Waals surface area contributed by atoms with Crippen molar-refractivity contribution in [2.24, 2.45) is 5.73 Å². The molecule has 0 saturated carbocycles. The van der Waals surface area contributed by atoms with Gasteiger partial charge in [-0.1, -0.05) is 59.6 Å². The maximum atomic E-state index is 16.4. The summed E-state index contributed by atoms with van der Waals surface area (Å²) in [4.78, 5) is 37.4. The summed E-state index contributed by atoms with van der Waals surface area (Å²) < 4.78 is 151. The Morgan fingerprint density at radius 3 is 1.25 bits per heavy atom. The number of aromatic nitrogens is 2. The second-order valence-corrected chi connectivity index (χ2v) is 18.2. The molecule has 0 saturated heterocycles. The fourth-order valence-corrected chi connectivity index (χ4v) is 10.8. The molecule has 0 radical (unpaired) electrons. The van der Waals surface area contributed by atoms with Crippen LogP contribution in [-0.2, 0) is 55.1 Å². The van der Waals surface area contributed by atoms with Crippen molar-refractivity contribution in [3.05, 3.63) is 178 Å². The number of pyridine rings is 2. The predicted molar refractivity (Wildman–Crippen MR) is 224 cm³/mol. The van der Waals surface area contributed by atoms with Crippen LogP contribution in [0.3, 0.4) is 0 Å². The number of sulfonamides is 2. The minimum atomic E-state index is -5.78. The highest BCUT2D eigenvalue weighted by atomic mass is 35.5. The lowest BCUT2D eigenvalue weighted by molar-refractivity contribution is -0.140. The van der Waals surface area contributed by atoms with Crippen molar-refractivity contribution in [2.75, 3.05) is 8.61 Å². The van der Waals surface area contributed by atoms with Gasteiger partial charge >= 0.3 is 12.4 Å². The average molecular weight is 966 g/mol. The van der Waals surface area contributed by atoms with Gasteiger partial charge in [-0.3, -0.25) is 19.6 Å². The predicted octanol–water partition coefficient (Wildman–Crippen LogP) is 8.71. The molecule has 0 unspecified atom stereocenters. The summed E-state index contributed by atoms with van der Waals surface area (Å²) in [5, 5.41) is -1.73. The number of halogens is 8. The second-order valence-electron chi connectivity index (χ2n) is 13.8. The number of rotatable bonds is 15. The van der Waals surface area contributed by atoms with Crippen molar-refractivity contribution < 1.29 is 52.8 Å². The second kappa shape index (κ2) is 18.5. The molecule has 2 N–H and O–H groups in total. The molecule has 2 aromatic heterocycles. The van der Waals surface area contributed by atoms with E-state index in [-0.39, 0.29) is 31.9 Å². The van der Waals surface area contributed by atoms with Crippen LogP contribution in [0.25, 0.3) is 0 Å². The number of nitrogens with two attached hydrogens (primary N) is 1. The molecule has 6 aromatic rings. The maximum Gasteiger partial charge on any atom is 0.416 e. The molecule has 0 aliphatic carbocycles. The number of benzene rings is 4. The van der Waals surface area contributed by atoms with Crippen LogP contribution >= 0.6 is 23.2 Å². The number of hydrogen-bond acceptors (Lipinski definition) is 8. The highest BCUT2D eigenvalue weighted by Crippen LogP contribution is 2.49. The van der Waals surface area contributed by atoms with Gasteiger partial charge in [0, 0.05) is 37.9 Å². The molecule has 6 rings (SSSR count). The highest BCUT2D eigenvalue weighted by molar-refractivity contribution is 7.94. The van der Waals surface area contributed by atoms with Gasteiger partial charge in [0.15, 0.2) is 0 Å². The van der Waals surface area contributed by atoms with Crippen molar-refractivity contribution in [1.29, 1.82) is 0 Å². The molecule has 0 fully saturated rings. The van der Waals surface area contributed by atoms with Crippen LogP contribution in [0.15, 0.2) is 156 Å². The monoisotopic (exact) mass is 964 g/mol. The fraction of sp³-hybridized carbons (Fsp3) is 0.143. The zero-order chi connectivity index (χ0) is 46.7. The zero-order valence-electron chi connectivity index (χ0n) is 32.6. The van der Waals surface area contributed by atoms with Gasteiger partial charge in [-0.25, -0.2) is 25.4 Å². The van der Waals surface area contributed by atoms with Crippen molar-refractivity contribution in [1.82, 2.24) is 14.9 Å². The summed E-state index contributed by atoms with van der Waals surface area (Å²) in [6.45, 7) is -1.18. The van der Waals surface area contributed by atoms with Crippen molar-refractivity contribution in [2.45, 2.75) is 47.3 Å². The molecular weight excluding hydrogens is 934 g/mol. The quantitative estimate of drug-likeness (QED) is 0.0789. The Labute approximate surface area is 372 Å². The summed E-state index contributed by atoms with van der Waals surface area (Å²) in [6, 6.07) is 19.3. The van der Waals surface area contributed by atoms with E-state index in [2.05, 4.69) is 9.97 Å². The molecule has 2 amide bonds. The summed E-state index contributed by atoms with van der Waals surface area (Å²) in [7, 11) is -11.6. The third kappa shape index (κ3) is 9.79. The van der Waals surface area contributed by atoms with E-state index in [4.69, 9.17) is 28.9 Å². The largest absolute Gasteiger partial charge is 0.416 e. The Bertz CT molecular complexity index is 2690. The number of primary amides is 1. The topological polar surface area (TPSA) is 164 Å². The first-order chi connectivity index (χ1) is 30.1. The first-order valence-electron chi connectivity index (χ1n) is 18.4. The molecule has 0 spiro atoms. The number of hydrogen-bond donors (Lipinski definition) is 1. The molecule has 4 aromatic carbocycles. The van der Waals surface area contributed by atoms with Crippen LogP contribution in [-0.4, -0.2) is 49.2 Å². The Kier molecular flexibility index (Phi) is 13.6. The third-order valence-corrected chi connectivity index (χ3v) is 13.8. The lowest BCUT2D eigenvalue weighted by Crippen LogP contribution is -2.73. The van der Waals surface area contributed by atoms with Gasteiger partial charge in [-0.15, -0.1) is 0 Å². The minimum absolute atomic E-state index is 0.122. The molecule has 0 aliphatic heterocycles. The van der Waals surface area contributed by atoms with Gasteiger partial charge in [-0.2, -0.15) is 26.3 Å². The van der Waals surface area contributed by atoms with Crippen LogP contribution < -0.4 is 14.3 Å². The Balaban J connectivity index is 1.92. The molecule has 334 valence electrons. The molecule has 2 heterocycles. The summed E-state index contributed by atoms with van der Waals surface area (Å²) >= 11 is 13.3. The molecule has 64 heavy (non-hydrogen) atoms. The van der Waals surface area contributed by atoms with Crippen LogP contribution in [0, 0.1) is 0 Å². The average Bonchev–Trinajstić information content (AvgIpc) is 3.24. The van der Waals surface area contributed by atoms with E-state index in [1.165, 1.54) is 85.5 Å². The number of alkyl halides is 6. The maximum absolute atomic E-state index is 16.4. The summed E-state index contributed by atoms with van der Waals surface area (Å²) in [5.74, 6) is -3.39. The lowest BCUT2D eigenvalue weighted by Gasteiger charge is -2.50. The van der Waals surface area contributed by atoms with E-state index in [1.54, 1.807) is 0 Å². The van der Waals surface area contributed by atoms with Gasteiger partial charge in [0.05, 0.1) is 48.8 Å². The van der Waals surface area contributed by atoms with E-state index in [9.17, 15) is 31.1 Å². The van der Waals surface area contributed by atoms with Crippen LogP contribution in [0.1, 0.15) is 28.7 Å². The number of anilines is 2. The molecule has 0 bridgehead atoms. The van der Waals surface area contributed by atoms with Crippen molar-refractivity contribution >= 4 is 66.4 Å². The van der Waals surface area contributed by atoms with Crippen LogP contribution in [0.2, 0.25) is 10.0 Å². The molecule has 0 aliphatic rings. The first kappa shape index (κ1) is 47.3.